The highest BCUT2D eigenvalue weighted by Crippen LogP contribution is 2.20. The Balaban J connectivity index is 2.49. The summed E-state index contributed by atoms with van der Waals surface area (Å²) in [6, 6.07) is 0.587. The molecule has 0 aromatic rings. The number of hydrogen-bond acceptors (Lipinski definition) is 3. The van der Waals surface area contributed by atoms with Gasteiger partial charge >= 0.3 is 0 Å². The SMILES string of the molecule is CNC1CCCC1N=C=O. The monoisotopic (exact) mass is 140 g/mol. The quantitative estimate of drug-likeness (QED) is 0.447. The predicted molar refractivity (Wildman–Crippen MR) is 38.6 cm³/mol. The van der Waals surface area contributed by atoms with Gasteiger partial charge in [-0.15, -0.1) is 0 Å². The minimum Gasteiger partial charge on any atom is -0.315 e. The van der Waals surface area contributed by atoms with Crippen molar-refractivity contribution in [3.63, 3.8) is 0 Å². The first-order valence-electron chi connectivity index (χ1n) is 3.62. The molecule has 1 fully saturated rings. The van der Waals surface area contributed by atoms with Crippen LogP contribution < -0.4 is 5.32 Å². The predicted octanol–water partition coefficient (Wildman–Crippen LogP) is 0.463. The molecule has 2 atom stereocenters. The molecule has 0 aromatic heterocycles. The van der Waals surface area contributed by atoms with Crippen molar-refractivity contribution in [2.75, 3.05) is 7.05 Å². The van der Waals surface area contributed by atoms with Crippen LogP contribution in [0.15, 0.2) is 4.99 Å². The first-order chi connectivity index (χ1) is 4.88. The molecule has 0 bridgehead atoms. The van der Waals surface area contributed by atoms with Crippen molar-refractivity contribution in [3.8, 4) is 0 Å². The van der Waals surface area contributed by atoms with Crippen molar-refractivity contribution in [2.24, 2.45) is 4.99 Å². The van der Waals surface area contributed by atoms with Crippen LogP contribution in [-0.4, -0.2) is 25.2 Å². The Labute approximate surface area is 60.5 Å². The van der Waals surface area contributed by atoms with Gasteiger partial charge in [-0.3, -0.25) is 0 Å². The van der Waals surface area contributed by atoms with Crippen LogP contribution in [0.1, 0.15) is 19.3 Å². The van der Waals surface area contributed by atoms with E-state index in [2.05, 4.69) is 10.3 Å². The summed E-state index contributed by atoms with van der Waals surface area (Å²) in [5, 5.41) is 3.13. The normalized spacial score (nSPS) is 31.7. The van der Waals surface area contributed by atoms with Crippen molar-refractivity contribution < 1.29 is 4.79 Å². The lowest BCUT2D eigenvalue weighted by Gasteiger charge is -2.11. The summed E-state index contributed by atoms with van der Waals surface area (Å²) in [4.78, 5) is 13.6. The second kappa shape index (κ2) is 3.49. The maximum absolute atomic E-state index is 9.90. The van der Waals surface area contributed by atoms with Gasteiger partial charge in [0.15, 0.2) is 0 Å². The van der Waals surface area contributed by atoms with Gasteiger partial charge in [0.05, 0.1) is 6.04 Å². The molecule has 0 aromatic carbocycles. The van der Waals surface area contributed by atoms with Crippen molar-refractivity contribution in [1.29, 1.82) is 0 Å². The summed E-state index contributed by atoms with van der Waals surface area (Å²) >= 11 is 0. The Bertz CT molecular complexity index is 152. The van der Waals surface area contributed by atoms with Gasteiger partial charge in [0.25, 0.3) is 0 Å². The molecule has 1 N–H and O–H groups in total. The van der Waals surface area contributed by atoms with E-state index in [4.69, 9.17) is 0 Å². The van der Waals surface area contributed by atoms with Crippen LogP contribution in [0.25, 0.3) is 0 Å². The summed E-state index contributed by atoms with van der Waals surface area (Å²) in [5.74, 6) is 0. The van der Waals surface area contributed by atoms with Crippen LogP contribution in [0.2, 0.25) is 0 Å². The third-order valence-corrected chi connectivity index (χ3v) is 2.07. The van der Waals surface area contributed by atoms with Gasteiger partial charge in [-0.2, -0.15) is 0 Å². The molecule has 1 saturated carbocycles. The topological polar surface area (TPSA) is 41.5 Å². The van der Waals surface area contributed by atoms with E-state index in [-0.39, 0.29) is 6.04 Å². The molecular weight excluding hydrogens is 128 g/mol. The van der Waals surface area contributed by atoms with Crippen molar-refractivity contribution >= 4 is 6.08 Å². The molecule has 0 amide bonds. The van der Waals surface area contributed by atoms with Gasteiger partial charge in [-0.1, -0.05) is 0 Å². The number of rotatable bonds is 2. The summed E-state index contributed by atoms with van der Waals surface area (Å²) < 4.78 is 0. The van der Waals surface area contributed by atoms with Crippen LogP contribution in [0.4, 0.5) is 0 Å². The van der Waals surface area contributed by atoms with Crippen molar-refractivity contribution in [3.05, 3.63) is 0 Å². The van der Waals surface area contributed by atoms with Crippen LogP contribution in [0, 0.1) is 0 Å². The number of aliphatic imine (C=N–C) groups is 1. The van der Waals surface area contributed by atoms with E-state index in [9.17, 15) is 4.79 Å². The number of carbonyl (C=O) groups excluding carboxylic acids is 1. The lowest BCUT2D eigenvalue weighted by Crippen LogP contribution is -2.31. The Morgan fingerprint density at radius 3 is 3.00 bits per heavy atom. The molecule has 0 saturated heterocycles. The molecular formula is C7H12N2O. The molecule has 1 rings (SSSR count). The Morgan fingerprint density at radius 1 is 1.60 bits per heavy atom. The lowest BCUT2D eigenvalue weighted by molar-refractivity contribution is 0.508. The van der Waals surface area contributed by atoms with Crippen molar-refractivity contribution in [2.45, 2.75) is 31.3 Å². The highest BCUT2D eigenvalue weighted by atomic mass is 16.1. The van der Waals surface area contributed by atoms with Gasteiger partial charge in [0.1, 0.15) is 0 Å². The van der Waals surface area contributed by atoms with Crippen LogP contribution in [-0.2, 0) is 4.79 Å². The van der Waals surface area contributed by atoms with Crippen LogP contribution >= 0.6 is 0 Å². The van der Waals surface area contributed by atoms with Gasteiger partial charge in [0, 0.05) is 6.04 Å². The number of nitrogens with one attached hydrogen (secondary N) is 1. The summed E-state index contributed by atoms with van der Waals surface area (Å²) in [5.41, 5.74) is 0. The van der Waals surface area contributed by atoms with Gasteiger partial charge in [-0.25, -0.2) is 9.79 Å². The minimum absolute atomic E-state index is 0.183. The average Bonchev–Trinajstić information content (AvgIpc) is 2.36. The average molecular weight is 140 g/mol. The first kappa shape index (κ1) is 7.45. The fourth-order valence-electron chi connectivity index (χ4n) is 1.50. The molecule has 10 heavy (non-hydrogen) atoms. The van der Waals surface area contributed by atoms with E-state index < -0.39 is 0 Å². The smallest absolute Gasteiger partial charge is 0.235 e. The molecule has 2 unspecified atom stereocenters. The molecule has 0 radical (unpaired) electrons. The summed E-state index contributed by atoms with van der Waals surface area (Å²) in [6.45, 7) is 0. The summed E-state index contributed by atoms with van der Waals surface area (Å²) in [6.07, 6.45) is 4.94. The third kappa shape index (κ3) is 1.43. The van der Waals surface area contributed by atoms with E-state index in [1.165, 1.54) is 6.42 Å². The zero-order valence-electron chi connectivity index (χ0n) is 6.13. The minimum atomic E-state index is 0.183. The second-order valence-corrected chi connectivity index (χ2v) is 2.61. The fourth-order valence-corrected chi connectivity index (χ4v) is 1.50. The second-order valence-electron chi connectivity index (χ2n) is 2.61. The van der Waals surface area contributed by atoms with Gasteiger partial charge in [0.2, 0.25) is 6.08 Å². The van der Waals surface area contributed by atoms with Crippen LogP contribution in [0.3, 0.4) is 0 Å². The largest absolute Gasteiger partial charge is 0.315 e. The van der Waals surface area contributed by atoms with E-state index in [1.54, 1.807) is 6.08 Å². The molecule has 56 valence electrons. The standard InChI is InChI=1S/C7H12N2O/c1-8-6-3-2-4-7(6)9-5-10/h6-8H,2-4H2,1H3. The highest BCUT2D eigenvalue weighted by molar-refractivity contribution is 5.34. The van der Waals surface area contributed by atoms with Gasteiger partial charge in [-0.05, 0) is 26.3 Å². The lowest BCUT2D eigenvalue weighted by atomic mass is 10.2. The molecule has 1 aliphatic carbocycles. The number of isocyanates is 1. The van der Waals surface area contributed by atoms with Crippen molar-refractivity contribution in [1.82, 2.24) is 5.32 Å². The molecule has 0 spiro atoms. The molecule has 0 aliphatic heterocycles. The molecule has 0 heterocycles. The molecule has 3 nitrogen and oxygen atoms in total. The number of likely N-dealkylation sites (N-methyl/N-ethyl adjacent to an activating group) is 1. The first-order valence-corrected chi connectivity index (χ1v) is 3.62. The maximum atomic E-state index is 9.90. The fraction of sp³-hybridized carbons (Fsp3) is 0.857. The Hall–Kier alpha value is -0.660. The Kier molecular flexibility index (Phi) is 2.60. The molecule has 1 aliphatic rings. The molecule has 3 heteroatoms. The van der Waals surface area contributed by atoms with Gasteiger partial charge < -0.3 is 5.32 Å². The van der Waals surface area contributed by atoms with E-state index in [1.807, 2.05) is 7.05 Å². The number of hydrogen-bond donors (Lipinski definition) is 1. The van der Waals surface area contributed by atoms with E-state index >= 15 is 0 Å². The zero-order chi connectivity index (χ0) is 7.40. The number of nitrogens with zero attached hydrogens (tertiary/aromatic N) is 1. The maximum Gasteiger partial charge on any atom is 0.235 e. The van der Waals surface area contributed by atoms with E-state index in [0.717, 1.165) is 12.8 Å². The summed E-state index contributed by atoms with van der Waals surface area (Å²) in [7, 11) is 1.91. The highest BCUT2D eigenvalue weighted by Gasteiger charge is 2.24. The third-order valence-electron chi connectivity index (χ3n) is 2.07. The van der Waals surface area contributed by atoms with Crippen LogP contribution in [0.5, 0.6) is 0 Å². The zero-order valence-corrected chi connectivity index (χ0v) is 6.13. The van der Waals surface area contributed by atoms with E-state index in [0.29, 0.717) is 6.04 Å². The Morgan fingerprint density at radius 2 is 2.40 bits per heavy atom.